The average Bonchev–Trinajstić information content (AvgIpc) is 2.77. The Bertz CT molecular complexity index is 618. The highest BCUT2D eigenvalue weighted by molar-refractivity contribution is 9.09. The molecule has 4 aliphatic rings. The number of alkyl halides is 1. The molecular weight excluding hydrogens is 380 g/mol. The van der Waals surface area contributed by atoms with Gasteiger partial charge in [-0.1, -0.05) is 29.8 Å². The molecular formula is C21H31BrO3. The smallest absolute Gasteiger partial charge is 0.163 e. The molecule has 4 saturated carbocycles. The molecule has 0 aromatic rings. The molecule has 4 fully saturated rings. The Morgan fingerprint density at radius 1 is 1.16 bits per heavy atom. The minimum absolute atomic E-state index is 0.0824. The molecule has 1 N–H and O–H groups in total. The number of hydrogen-bond donors (Lipinski definition) is 1. The average molecular weight is 411 g/mol. The molecule has 140 valence electrons. The molecule has 4 rings (SSSR count). The minimum atomic E-state index is -1.23. The summed E-state index contributed by atoms with van der Waals surface area (Å²) in [6, 6.07) is 0. The predicted molar refractivity (Wildman–Crippen MR) is 100 cm³/mol. The number of carbonyl (C=O) groups is 2. The van der Waals surface area contributed by atoms with Gasteiger partial charge in [0.2, 0.25) is 0 Å². The van der Waals surface area contributed by atoms with Crippen LogP contribution in [0.4, 0.5) is 0 Å². The van der Waals surface area contributed by atoms with Crippen molar-refractivity contribution in [2.24, 2.45) is 34.5 Å². The van der Waals surface area contributed by atoms with E-state index >= 15 is 0 Å². The van der Waals surface area contributed by atoms with Crippen molar-refractivity contribution in [3.05, 3.63) is 0 Å². The third-order valence-electron chi connectivity index (χ3n) is 9.19. The van der Waals surface area contributed by atoms with E-state index in [0.717, 1.165) is 51.4 Å². The van der Waals surface area contributed by atoms with Crippen molar-refractivity contribution >= 4 is 27.5 Å². The van der Waals surface area contributed by atoms with Gasteiger partial charge in [0.1, 0.15) is 11.4 Å². The fourth-order valence-electron chi connectivity index (χ4n) is 7.65. The van der Waals surface area contributed by atoms with Crippen LogP contribution in [-0.4, -0.2) is 27.1 Å². The van der Waals surface area contributed by atoms with Gasteiger partial charge in [-0.25, -0.2) is 0 Å². The van der Waals surface area contributed by atoms with Gasteiger partial charge in [0.25, 0.3) is 0 Å². The summed E-state index contributed by atoms with van der Waals surface area (Å²) in [5, 5.41) is 11.4. The molecule has 0 saturated heterocycles. The van der Waals surface area contributed by atoms with E-state index in [4.69, 9.17) is 0 Å². The van der Waals surface area contributed by atoms with Crippen LogP contribution in [0, 0.1) is 34.5 Å². The van der Waals surface area contributed by atoms with Crippen molar-refractivity contribution in [1.29, 1.82) is 0 Å². The number of carbonyl (C=O) groups excluding carboxylic acids is 2. The van der Waals surface area contributed by atoms with Crippen molar-refractivity contribution in [2.75, 3.05) is 0 Å². The number of hydrogen-bond acceptors (Lipinski definition) is 3. The molecule has 0 radical (unpaired) electrons. The Morgan fingerprint density at radius 2 is 1.88 bits per heavy atom. The molecule has 0 unspecified atom stereocenters. The topological polar surface area (TPSA) is 54.4 Å². The lowest BCUT2D eigenvalue weighted by atomic mass is 9.44. The quantitative estimate of drug-likeness (QED) is 0.655. The summed E-state index contributed by atoms with van der Waals surface area (Å²) in [7, 11) is 0. The van der Waals surface area contributed by atoms with Gasteiger partial charge < -0.3 is 5.11 Å². The van der Waals surface area contributed by atoms with Crippen molar-refractivity contribution in [3.8, 4) is 0 Å². The van der Waals surface area contributed by atoms with E-state index in [-0.39, 0.29) is 21.4 Å². The lowest BCUT2D eigenvalue weighted by Crippen LogP contribution is -2.59. The zero-order valence-corrected chi connectivity index (χ0v) is 17.3. The zero-order chi connectivity index (χ0) is 18.2. The van der Waals surface area contributed by atoms with Crippen molar-refractivity contribution in [3.63, 3.8) is 0 Å². The van der Waals surface area contributed by atoms with Crippen LogP contribution in [0.5, 0.6) is 0 Å². The summed E-state index contributed by atoms with van der Waals surface area (Å²) < 4.78 is 0. The first-order chi connectivity index (χ1) is 11.6. The maximum Gasteiger partial charge on any atom is 0.163 e. The molecule has 0 aliphatic heterocycles. The van der Waals surface area contributed by atoms with Gasteiger partial charge in [-0.15, -0.1) is 0 Å². The van der Waals surface area contributed by atoms with Gasteiger partial charge in [-0.05, 0) is 74.5 Å². The SMILES string of the molecule is CC(=O)[C@@]1(O)[C@H](Br)C[C@@H]2[C@H]3CC[C@H]4CC(=O)CC[C@]4(C)[C@@H]3CC[C@@]21C. The monoisotopic (exact) mass is 410 g/mol. The van der Waals surface area contributed by atoms with Gasteiger partial charge >= 0.3 is 0 Å². The Hall–Kier alpha value is -0.220. The van der Waals surface area contributed by atoms with E-state index in [1.165, 1.54) is 0 Å². The molecule has 4 aliphatic carbocycles. The van der Waals surface area contributed by atoms with E-state index in [9.17, 15) is 14.7 Å². The molecule has 0 heterocycles. The van der Waals surface area contributed by atoms with E-state index in [1.54, 1.807) is 6.92 Å². The van der Waals surface area contributed by atoms with Crippen LogP contribution in [-0.2, 0) is 9.59 Å². The summed E-state index contributed by atoms with van der Waals surface area (Å²) in [5.74, 6) is 2.55. The van der Waals surface area contributed by atoms with Gasteiger partial charge in [0, 0.05) is 18.3 Å². The van der Waals surface area contributed by atoms with Crippen molar-refractivity contribution in [1.82, 2.24) is 0 Å². The normalized spacial score (nSPS) is 55.2. The van der Waals surface area contributed by atoms with Crippen LogP contribution in [0.1, 0.15) is 72.1 Å². The standard InChI is InChI=1S/C21H31BrO3/c1-12(23)21(25)18(22)11-17-15-5-4-13-10-14(24)6-8-19(13,2)16(15)7-9-20(17,21)3/h13,15-18,25H,4-11H2,1-3H3/t13-,15-,16+,17+,18+,19-,20-,21+/m0/s1. The third kappa shape index (κ3) is 2.19. The highest BCUT2D eigenvalue weighted by Gasteiger charge is 2.69. The van der Waals surface area contributed by atoms with Gasteiger partial charge in [0.15, 0.2) is 5.78 Å². The highest BCUT2D eigenvalue weighted by atomic mass is 79.9. The first-order valence-corrected chi connectivity index (χ1v) is 11.0. The van der Waals surface area contributed by atoms with Crippen molar-refractivity contribution < 1.29 is 14.7 Å². The largest absolute Gasteiger partial charge is 0.380 e. The number of aliphatic hydroxyl groups is 1. The second-order valence-electron chi connectivity index (χ2n) is 9.88. The van der Waals surface area contributed by atoms with Gasteiger partial charge in [-0.2, -0.15) is 0 Å². The number of fused-ring (bicyclic) bond motifs is 5. The molecule has 0 bridgehead atoms. The summed E-state index contributed by atoms with van der Waals surface area (Å²) in [6.45, 7) is 6.15. The third-order valence-corrected chi connectivity index (χ3v) is 10.2. The molecule has 25 heavy (non-hydrogen) atoms. The second-order valence-corrected chi connectivity index (χ2v) is 11.0. The lowest BCUT2D eigenvalue weighted by molar-refractivity contribution is -0.168. The number of Topliss-reactive ketones (excluding diaryl/α,β-unsaturated/α-hetero) is 2. The zero-order valence-electron chi connectivity index (χ0n) is 15.7. The maximum atomic E-state index is 12.4. The van der Waals surface area contributed by atoms with Crippen LogP contribution >= 0.6 is 15.9 Å². The predicted octanol–water partition coefficient (Wildman–Crippen LogP) is 4.29. The highest BCUT2D eigenvalue weighted by Crippen LogP contribution is 2.68. The Balaban J connectivity index is 1.68. The van der Waals surface area contributed by atoms with E-state index in [0.29, 0.717) is 29.5 Å². The van der Waals surface area contributed by atoms with E-state index in [1.807, 2.05) is 0 Å². The van der Waals surface area contributed by atoms with Gasteiger partial charge in [-0.3, -0.25) is 9.59 Å². The molecule has 8 atom stereocenters. The number of halogens is 1. The minimum Gasteiger partial charge on any atom is -0.380 e. The maximum absolute atomic E-state index is 12.4. The molecule has 0 spiro atoms. The van der Waals surface area contributed by atoms with Crippen LogP contribution < -0.4 is 0 Å². The summed E-state index contributed by atoms with van der Waals surface area (Å²) in [6.07, 6.45) is 7.77. The first kappa shape index (κ1) is 18.2. The fourth-order valence-corrected chi connectivity index (χ4v) is 8.90. The lowest BCUT2D eigenvalue weighted by Gasteiger charge is -2.60. The van der Waals surface area contributed by atoms with Crippen LogP contribution in [0.3, 0.4) is 0 Å². The summed E-state index contributed by atoms with van der Waals surface area (Å²) in [5.41, 5.74) is -1.28. The van der Waals surface area contributed by atoms with E-state index in [2.05, 4.69) is 29.8 Å². The Kier molecular flexibility index (Phi) is 4.10. The molecule has 0 aromatic carbocycles. The van der Waals surface area contributed by atoms with Gasteiger partial charge in [0.05, 0.1) is 4.83 Å². The van der Waals surface area contributed by atoms with Crippen LogP contribution in [0.2, 0.25) is 0 Å². The first-order valence-electron chi connectivity index (χ1n) is 10.0. The molecule has 4 heteroatoms. The molecule has 0 aromatic heterocycles. The Labute approximate surface area is 159 Å². The second kappa shape index (κ2) is 5.64. The number of rotatable bonds is 1. The van der Waals surface area contributed by atoms with E-state index < -0.39 is 5.60 Å². The van der Waals surface area contributed by atoms with Crippen LogP contribution in [0.25, 0.3) is 0 Å². The van der Waals surface area contributed by atoms with Crippen LogP contribution in [0.15, 0.2) is 0 Å². The summed E-state index contributed by atoms with van der Waals surface area (Å²) >= 11 is 3.68. The number of ketones is 2. The fraction of sp³-hybridized carbons (Fsp3) is 0.905. The molecule has 3 nitrogen and oxygen atoms in total. The Morgan fingerprint density at radius 3 is 2.56 bits per heavy atom. The summed E-state index contributed by atoms with van der Waals surface area (Å²) in [4.78, 5) is 24.3. The van der Waals surface area contributed by atoms with Crippen molar-refractivity contribution in [2.45, 2.75) is 82.6 Å². The molecule has 0 amide bonds.